The number of hydrogen-bond donors (Lipinski definition) is 1. The summed E-state index contributed by atoms with van der Waals surface area (Å²) in [5.74, 6) is 0.312. The van der Waals surface area contributed by atoms with Crippen molar-refractivity contribution in [3.63, 3.8) is 0 Å². The Balaban J connectivity index is 1.45. The van der Waals surface area contributed by atoms with E-state index in [9.17, 15) is 4.79 Å². The van der Waals surface area contributed by atoms with Gasteiger partial charge in [-0.1, -0.05) is 5.16 Å². The molecular weight excluding hydrogens is 294 g/mol. The monoisotopic (exact) mass is 309 g/mol. The van der Waals surface area contributed by atoms with Gasteiger partial charge in [0.1, 0.15) is 0 Å². The van der Waals surface area contributed by atoms with Crippen molar-refractivity contribution in [2.24, 2.45) is 0 Å². The topological polar surface area (TPSA) is 85.8 Å². The maximum Gasteiger partial charge on any atom is 0.273 e. The van der Waals surface area contributed by atoms with Crippen LogP contribution >= 0.6 is 0 Å². The summed E-state index contributed by atoms with van der Waals surface area (Å²) >= 11 is 0. The number of aryl methyl sites for hydroxylation is 1. The fraction of sp³-hybridized carbons (Fsp3) is 0.250. The minimum Gasteiger partial charge on any atom is -0.355 e. The number of carbonyl (C=O) groups is 1. The molecule has 116 valence electrons. The lowest BCUT2D eigenvalue weighted by Gasteiger charge is -2.23. The van der Waals surface area contributed by atoms with Crippen molar-refractivity contribution in [2.45, 2.75) is 25.4 Å². The SMILES string of the molecule is O=C(N[C@@H]1CCn2nccc2C1)c1cc(-c2cccnc2)on1. The highest BCUT2D eigenvalue weighted by Gasteiger charge is 2.22. The summed E-state index contributed by atoms with van der Waals surface area (Å²) in [5.41, 5.74) is 2.21. The van der Waals surface area contributed by atoms with E-state index in [1.165, 1.54) is 0 Å². The molecule has 0 saturated heterocycles. The standard InChI is InChI=1S/C16H15N5O2/c22-16(19-12-4-7-21-13(8-12)3-6-18-21)14-9-15(23-20-14)11-2-1-5-17-10-11/h1-3,5-6,9-10,12H,4,7-8H2,(H,19,22)/t12-/m1/s1. The minimum absolute atomic E-state index is 0.0882. The molecule has 1 amide bonds. The van der Waals surface area contributed by atoms with E-state index in [1.54, 1.807) is 24.7 Å². The smallest absolute Gasteiger partial charge is 0.273 e. The van der Waals surface area contributed by atoms with Gasteiger partial charge in [-0.05, 0) is 24.6 Å². The highest BCUT2D eigenvalue weighted by atomic mass is 16.5. The van der Waals surface area contributed by atoms with Gasteiger partial charge in [0.2, 0.25) is 0 Å². The van der Waals surface area contributed by atoms with Crippen molar-refractivity contribution >= 4 is 5.91 Å². The summed E-state index contributed by atoms with van der Waals surface area (Å²) in [7, 11) is 0. The van der Waals surface area contributed by atoms with Crippen LogP contribution < -0.4 is 5.32 Å². The van der Waals surface area contributed by atoms with Crippen LogP contribution in [0.25, 0.3) is 11.3 Å². The first-order valence-corrected chi connectivity index (χ1v) is 7.48. The highest BCUT2D eigenvalue weighted by Crippen LogP contribution is 2.19. The molecule has 0 fully saturated rings. The van der Waals surface area contributed by atoms with E-state index in [0.717, 1.165) is 30.6 Å². The fourth-order valence-electron chi connectivity index (χ4n) is 2.78. The van der Waals surface area contributed by atoms with Crippen LogP contribution in [0.5, 0.6) is 0 Å². The summed E-state index contributed by atoms with van der Waals surface area (Å²) in [5, 5.41) is 11.1. The molecule has 7 heteroatoms. The number of rotatable bonds is 3. The van der Waals surface area contributed by atoms with Gasteiger partial charge in [-0.3, -0.25) is 14.5 Å². The third kappa shape index (κ3) is 2.73. The Bertz CT molecular complexity index is 824. The van der Waals surface area contributed by atoms with E-state index < -0.39 is 0 Å². The van der Waals surface area contributed by atoms with E-state index >= 15 is 0 Å². The van der Waals surface area contributed by atoms with Gasteiger partial charge in [0, 0.05) is 54.9 Å². The molecule has 0 radical (unpaired) electrons. The van der Waals surface area contributed by atoms with Crippen molar-refractivity contribution < 1.29 is 9.32 Å². The summed E-state index contributed by atoms with van der Waals surface area (Å²) in [6, 6.07) is 7.37. The predicted octanol–water partition coefficient (Wildman–Crippen LogP) is 1.68. The number of fused-ring (bicyclic) bond motifs is 1. The molecule has 4 heterocycles. The normalized spacial score (nSPS) is 16.8. The molecule has 1 atom stereocenters. The average molecular weight is 309 g/mol. The summed E-state index contributed by atoms with van der Waals surface area (Å²) < 4.78 is 7.21. The van der Waals surface area contributed by atoms with E-state index in [-0.39, 0.29) is 17.6 Å². The number of nitrogens with one attached hydrogen (secondary N) is 1. The zero-order valence-electron chi connectivity index (χ0n) is 12.3. The molecule has 0 aliphatic carbocycles. The van der Waals surface area contributed by atoms with Gasteiger partial charge in [-0.15, -0.1) is 0 Å². The molecule has 1 aliphatic rings. The van der Waals surface area contributed by atoms with Crippen LogP contribution in [0.2, 0.25) is 0 Å². The Kier molecular flexibility index (Phi) is 3.38. The molecule has 1 N–H and O–H groups in total. The molecule has 0 saturated carbocycles. The fourth-order valence-corrected chi connectivity index (χ4v) is 2.78. The summed E-state index contributed by atoms with van der Waals surface area (Å²) in [6.07, 6.45) is 6.77. The van der Waals surface area contributed by atoms with Crippen molar-refractivity contribution in [3.8, 4) is 11.3 Å². The molecule has 7 nitrogen and oxygen atoms in total. The molecule has 3 aromatic rings. The second-order valence-corrected chi connectivity index (χ2v) is 5.53. The Morgan fingerprint density at radius 2 is 2.30 bits per heavy atom. The van der Waals surface area contributed by atoms with Crippen LogP contribution in [0.3, 0.4) is 0 Å². The Morgan fingerprint density at radius 3 is 3.17 bits per heavy atom. The second-order valence-electron chi connectivity index (χ2n) is 5.53. The number of amides is 1. The van der Waals surface area contributed by atoms with Crippen molar-refractivity contribution in [3.05, 3.63) is 54.2 Å². The quantitative estimate of drug-likeness (QED) is 0.795. The van der Waals surface area contributed by atoms with Crippen LogP contribution in [-0.2, 0) is 13.0 Å². The molecule has 4 rings (SSSR count). The number of aromatic nitrogens is 4. The lowest BCUT2D eigenvalue weighted by Crippen LogP contribution is -2.40. The lowest BCUT2D eigenvalue weighted by atomic mass is 10.0. The number of carbonyl (C=O) groups excluding carboxylic acids is 1. The van der Waals surface area contributed by atoms with Gasteiger partial charge in [0.05, 0.1) is 0 Å². The average Bonchev–Trinajstić information content (AvgIpc) is 3.24. The maximum atomic E-state index is 12.3. The van der Waals surface area contributed by atoms with Crippen molar-refractivity contribution in [2.75, 3.05) is 0 Å². The van der Waals surface area contributed by atoms with E-state index in [2.05, 4.69) is 20.6 Å². The Morgan fingerprint density at radius 1 is 1.35 bits per heavy atom. The number of nitrogens with zero attached hydrogens (tertiary/aromatic N) is 4. The molecular formula is C16H15N5O2. The van der Waals surface area contributed by atoms with Gasteiger partial charge in [0.15, 0.2) is 11.5 Å². The minimum atomic E-state index is -0.221. The first-order chi connectivity index (χ1) is 11.3. The zero-order valence-corrected chi connectivity index (χ0v) is 12.3. The van der Waals surface area contributed by atoms with Crippen molar-refractivity contribution in [1.29, 1.82) is 0 Å². The summed E-state index contributed by atoms with van der Waals surface area (Å²) in [4.78, 5) is 16.4. The van der Waals surface area contributed by atoms with Crippen LogP contribution in [-0.4, -0.2) is 31.9 Å². The predicted molar refractivity (Wildman–Crippen MR) is 81.5 cm³/mol. The molecule has 3 aromatic heterocycles. The molecule has 0 bridgehead atoms. The second kappa shape index (κ2) is 5.68. The van der Waals surface area contributed by atoms with Gasteiger partial charge < -0.3 is 9.84 Å². The van der Waals surface area contributed by atoms with Crippen LogP contribution in [0.4, 0.5) is 0 Å². The molecule has 0 aromatic carbocycles. The van der Waals surface area contributed by atoms with Crippen LogP contribution in [0, 0.1) is 0 Å². The first kappa shape index (κ1) is 13.7. The lowest BCUT2D eigenvalue weighted by molar-refractivity contribution is 0.0921. The Labute approximate surface area is 132 Å². The summed E-state index contributed by atoms with van der Waals surface area (Å²) in [6.45, 7) is 0.813. The largest absolute Gasteiger partial charge is 0.355 e. The van der Waals surface area contributed by atoms with Gasteiger partial charge >= 0.3 is 0 Å². The van der Waals surface area contributed by atoms with E-state index in [1.807, 2.05) is 22.9 Å². The zero-order chi connectivity index (χ0) is 15.6. The highest BCUT2D eigenvalue weighted by molar-refractivity contribution is 5.93. The molecule has 0 unspecified atom stereocenters. The third-order valence-corrected chi connectivity index (χ3v) is 3.97. The van der Waals surface area contributed by atoms with Crippen LogP contribution in [0.15, 0.2) is 47.4 Å². The van der Waals surface area contributed by atoms with E-state index in [0.29, 0.717) is 5.76 Å². The van der Waals surface area contributed by atoms with Crippen molar-refractivity contribution in [1.82, 2.24) is 25.2 Å². The number of pyridine rings is 1. The molecule has 23 heavy (non-hydrogen) atoms. The van der Waals surface area contributed by atoms with E-state index in [4.69, 9.17) is 4.52 Å². The Hall–Kier alpha value is -2.96. The molecule has 0 spiro atoms. The van der Waals surface area contributed by atoms with Crippen LogP contribution in [0.1, 0.15) is 22.6 Å². The third-order valence-electron chi connectivity index (χ3n) is 3.97. The van der Waals surface area contributed by atoms with Gasteiger partial charge in [-0.2, -0.15) is 5.10 Å². The first-order valence-electron chi connectivity index (χ1n) is 7.48. The van der Waals surface area contributed by atoms with Gasteiger partial charge in [-0.25, -0.2) is 0 Å². The molecule has 1 aliphatic heterocycles. The number of hydrogen-bond acceptors (Lipinski definition) is 5. The maximum absolute atomic E-state index is 12.3. The van der Waals surface area contributed by atoms with Gasteiger partial charge in [0.25, 0.3) is 5.91 Å².